The van der Waals surface area contributed by atoms with Crippen molar-refractivity contribution in [3.63, 3.8) is 0 Å². The molecule has 1 aliphatic heterocycles. The average molecular weight is 238 g/mol. The lowest BCUT2D eigenvalue weighted by atomic mass is 10.0. The summed E-state index contributed by atoms with van der Waals surface area (Å²) in [4.78, 5) is 1.55. The van der Waals surface area contributed by atoms with Gasteiger partial charge in [0.25, 0.3) is 0 Å². The average Bonchev–Trinajstić information content (AvgIpc) is 2.27. The van der Waals surface area contributed by atoms with Crippen molar-refractivity contribution in [3.05, 3.63) is 0 Å². The second-order valence-corrected chi connectivity index (χ2v) is 4.99. The molecule has 96 valence electrons. The standard InChI is InChI=1S/C11H21F3N2/c1-8(2)10-6-16(7-11(12,13)14)9(3)4-5-15-10/h8-10,15H,4-7H2,1-3H3. The van der Waals surface area contributed by atoms with Crippen molar-refractivity contribution in [3.8, 4) is 0 Å². The first-order chi connectivity index (χ1) is 7.29. The van der Waals surface area contributed by atoms with E-state index in [4.69, 9.17) is 0 Å². The summed E-state index contributed by atoms with van der Waals surface area (Å²) in [5.74, 6) is 0.362. The van der Waals surface area contributed by atoms with Crippen LogP contribution in [0.25, 0.3) is 0 Å². The molecule has 2 atom stereocenters. The van der Waals surface area contributed by atoms with E-state index in [1.54, 1.807) is 4.90 Å². The summed E-state index contributed by atoms with van der Waals surface area (Å²) in [6.45, 7) is 6.45. The minimum absolute atomic E-state index is 0.00197. The normalized spacial score (nSPS) is 29.4. The third-order valence-electron chi connectivity index (χ3n) is 3.21. The van der Waals surface area contributed by atoms with Gasteiger partial charge in [-0.25, -0.2) is 0 Å². The number of hydrogen-bond acceptors (Lipinski definition) is 2. The summed E-state index contributed by atoms with van der Waals surface area (Å²) in [6, 6.07) is 0.158. The lowest BCUT2D eigenvalue weighted by Crippen LogP contribution is -2.46. The van der Waals surface area contributed by atoms with Crippen molar-refractivity contribution in [1.29, 1.82) is 0 Å². The molecule has 0 amide bonds. The topological polar surface area (TPSA) is 15.3 Å². The largest absolute Gasteiger partial charge is 0.401 e. The Morgan fingerprint density at radius 2 is 2.00 bits per heavy atom. The summed E-state index contributed by atoms with van der Waals surface area (Å²) in [5, 5.41) is 3.32. The van der Waals surface area contributed by atoms with Gasteiger partial charge in [0.05, 0.1) is 6.54 Å². The summed E-state index contributed by atoms with van der Waals surface area (Å²) < 4.78 is 37.2. The maximum Gasteiger partial charge on any atom is 0.401 e. The molecule has 2 unspecified atom stereocenters. The van der Waals surface area contributed by atoms with Gasteiger partial charge in [-0.05, 0) is 25.8 Å². The molecule has 1 aliphatic rings. The Morgan fingerprint density at radius 1 is 1.38 bits per heavy atom. The van der Waals surface area contributed by atoms with Crippen molar-refractivity contribution in [2.75, 3.05) is 19.6 Å². The van der Waals surface area contributed by atoms with Crippen molar-refractivity contribution in [2.24, 2.45) is 5.92 Å². The van der Waals surface area contributed by atoms with Crippen LogP contribution in [0.15, 0.2) is 0 Å². The summed E-state index contributed by atoms with van der Waals surface area (Å²) in [6.07, 6.45) is -3.32. The molecule has 0 aromatic carbocycles. The van der Waals surface area contributed by atoms with Crippen LogP contribution < -0.4 is 5.32 Å². The molecule has 0 aromatic heterocycles. The SMILES string of the molecule is CC(C)C1CN(CC(F)(F)F)C(C)CCN1. The molecule has 0 radical (unpaired) electrons. The first-order valence-corrected chi connectivity index (χ1v) is 5.84. The second kappa shape index (κ2) is 5.36. The zero-order valence-corrected chi connectivity index (χ0v) is 10.1. The van der Waals surface area contributed by atoms with E-state index in [1.807, 2.05) is 20.8 Å². The molecule has 1 fully saturated rings. The van der Waals surface area contributed by atoms with Crippen LogP contribution in [0.4, 0.5) is 13.2 Å². The van der Waals surface area contributed by atoms with Gasteiger partial charge in [-0.15, -0.1) is 0 Å². The van der Waals surface area contributed by atoms with Crippen LogP contribution in [0, 0.1) is 5.92 Å². The maximum atomic E-state index is 12.4. The molecular weight excluding hydrogens is 217 g/mol. The number of halogens is 3. The van der Waals surface area contributed by atoms with Crippen molar-refractivity contribution in [2.45, 2.75) is 45.5 Å². The van der Waals surface area contributed by atoms with E-state index < -0.39 is 12.7 Å². The van der Waals surface area contributed by atoms with Gasteiger partial charge in [0.2, 0.25) is 0 Å². The highest BCUT2D eigenvalue weighted by Crippen LogP contribution is 2.21. The van der Waals surface area contributed by atoms with Gasteiger partial charge in [0.1, 0.15) is 0 Å². The first-order valence-electron chi connectivity index (χ1n) is 5.84. The fourth-order valence-electron chi connectivity index (χ4n) is 2.05. The van der Waals surface area contributed by atoms with Gasteiger partial charge in [0.15, 0.2) is 0 Å². The van der Waals surface area contributed by atoms with E-state index in [2.05, 4.69) is 5.32 Å². The molecule has 1 rings (SSSR count). The fraction of sp³-hybridized carbons (Fsp3) is 1.00. The molecular formula is C11H21F3N2. The Hall–Kier alpha value is -0.290. The Bertz CT molecular complexity index is 216. The number of rotatable bonds is 2. The van der Waals surface area contributed by atoms with E-state index in [9.17, 15) is 13.2 Å². The molecule has 1 saturated heterocycles. The first kappa shape index (κ1) is 13.8. The third kappa shape index (κ3) is 4.29. The number of nitrogens with one attached hydrogen (secondary N) is 1. The van der Waals surface area contributed by atoms with E-state index in [1.165, 1.54) is 0 Å². The Balaban J connectivity index is 2.63. The van der Waals surface area contributed by atoms with Crippen LogP contribution in [-0.2, 0) is 0 Å². The van der Waals surface area contributed by atoms with Crippen LogP contribution in [0.2, 0.25) is 0 Å². The molecule has 0 aromatic rings. The lowest BCUT2D eigenvalue weighted by Gasteiger charge is -2.31. The van der Waals surface area contributed by atoms with E-state index in [-0.39, 0.29) is 12.1 Å². The van der Waals surface area contributed by atoms with Crippen LogP contribution in [0.3, 0.4) is 0 Å². The van der Waals surface area contributed by atoms with Gasteiger partial charge in [-0.1, -0.05) is 13.8 Å². The van der Waals surface area contributed by atoms with Gasteiger partial charge < -0.3 is 5.32 Å². The third-order valence-corrected chi connectivity index (χ3v) is 3.21. The Morgan fingerprint density at radius 3 is 2.50 bits per heavy atom. The van der Waals surface area contributed by atoms with Crippen LogP contribution in [0.1, 0.15) is 27.2 Å². The zero-order valence-electron chi connectivity index (χ0n) is 10.1. The zero-order chi connectivity index (χ0) is 12.3. The maximum absolute atomic E-state index is 12.4. The number of hydrogen-bond donors (Lipinski definition) is 1. The minimum Gasteiger partial charge on any atom is -0.312 e. The Labute approximate surface area is 95.2 Å². The molecule has 1 N–H and O–H groups in total. The summed E-state index contributed by atoms with van der Waals surface area (Å²) in [5.41, 5.74) is 0. The quantitative estimate of drug-likeness (QED) is 0.794. The number of alkyl halides is 3. The highest BCUT2D eigenvalue weighted by atomic mass is 19.4. The summed E-state index contributed by atoms with van der Waals surface area (Å²) in [7, 11) is 0. The fourth-order valence-corrected chi connectivity index (χ4v) is 2.05. The summed E-state index contributed by atoms with van der Waals surface area (Å²) >= 11 is 0. The van der Waals surface area contributed by atoms with Gasteiger partial charge >= 0.3 is 6.18 Å². The predicted octanol–water partition coefficient (Wildman–Crippen LogP) is 2.26. The molecule has 0 bridgehead atoms. The molecule has 16 heavy (non-hydrogen) atoms. The molecule has 5 heteroatoms. The van der Waals surface area contributed by atoms with Gasteiger partial charge in [-0.3, -0.25) is 4.90 Å². The van der Waals surface area contributed by atoms with Crippen molar-refractivity contribution in [1.82, 2.24) is 10.2 Å². The number of nitrogens with zero attached hydrogens (tertiary/aromatic N) is 1. The van der Waals surface area contributed by atoms with Crippen molar-refractivity contribution < 1.29 is 13.2 Å². The highest BCUT2D eigenvalue weighted by Gasteiger charge is 2.35. The van der Waals surface area contributed by atoms with E-state index in [0.717, 1.165) is 13.0 Å². The van der Waals surface area contributed by atoms with Crippen LogP contribution in [0.5, 0.6) is 0 Å². The molecule has 1 heterocycles. The lowest BCUT2D eigenvalue weighted by molar-refractivity contribution is -0.150. The molecule has 2 nitrogen and oxygen atoms in total. The molecule has 0 saturated carbocycles. The van der Waals surface area contributed by atoms with E-state index in [0.29, 0.717) is 12.5 Å². The second-order valence-electron chi connectivity index (χ2n) is 4.99. The molecule has 0 aliphatic carbocycles. The predicted molar refractivity (Wildman–Crippen MR) is 58.3 cm³/mol. The Kier molecular flexibility index (Phi) is 4.62. The highest BCUT2D eigenvalue weighted by molar-refractivity contribution is 4.83. The minimum atomic E-state index is -4.10. The smallest absolute Gasteiger partial charge is 0.312 e. The monoisotopic (exact) mass is 238 g/mol. The van der Waals surface area contributed by atoms with Crippen molar-refractivity contribution >= 4 is 0 Å². The van der Waals surface area contributed by atoms with Gasteiger partial charge in [0, 0.05) is 18.6 Å². The van der Waals surface area contributed by atoms with Gasteiger partial charge in [-0.2, -0.15) is 13.2 Å². The molecule has 0 spiro atoms. The van der Waals surface area contributed by atoms with E-state index >= 15 is 0 Å². The van der Waals surface area contributed by atoms with Crippen LogP contribution in [-0.4, -0.2) is 42.8 Å². The van der Waals surface area contributed by atoms with Crippen LogP contribution >= 0.6 is 0 Å².